The van der Waals surface area contributed by atoms with Gasteiger partial charge < -0.3 is 10.6 Å². The number of likely N-dealkylation sites (tertiary alicyclic amines) is 1. The zero-order valence-corrected chi connectivity index (χ0v) is 15.7. The first-order valence-corrected chi connectivity index (χ1v) is 9.26. The number of nitrogens with zero attached hydrogens (tertiary/aromatic N) is 5. The van der Waals surface area contributed by atoms with Crippen molar-refractivity contribution in [2.75, 3.05) is 18.8 Å². The Hall–Kier alpha value is -3.42. The molecule has 2 aromatic heterocycles. The fraction of sp³-hybridized carbons (Fsp3) is 0.300. The van der Waals surface area contributed by atoms with Crippen LogP contribution in [0.5, 0.6) is 0 Å². The van der Waals surface area contributed by atoms with E-state index in [4.69, 9.17) is 5.73 Å². The van der Waals surface area contributed by atoms with Crippen molar-refractivity contribution in [3.63, 3.8) is 0 Å². The van der Waals surface area contributed by atoms with Gasteiger partial charge in [0, 0.05) is 32.3 Å². The lowest BCUT2D eigenvalue weighted by molar-refractivity contribution is 0.0628. The third-order valence-corrected chi connectivity index (χ3v) is 5.19. The van der Waals surface area contributed by atoms with Crippen LogP contribution >= 0.6 is 0 Å². The van der Waals surface area contributed by atoms with Crippen molar-refractivity contribution in [2.24, 2.45) is 13.0 Å². The van der Waals surface area contributed by atoms with E-state index in [1.807, 2.05) is 30.3 Å². The standard InChI is InChI=1S/C20H22N6O2/c1-24-17(9-10-22-24)20(28)25-11-5-6-14(13-25)18(27)16-12-23-26(19(16)21)15-7-3-2-4-8-15/h2-4,7-10,12,14H,5-6,11,13,21H2,1H3/t14-/m1/s1. The third kappa shape index (κ3) is 3.17. The highest BCUT2D eigenvalue weighted by Gasteiger charge is 2.32. The molecular formula is C20H22N6O2. The molecule has 1 aromatic carbocycles. The van der Waals surface area contributed by atoms with E-state index in [1.54, 1.807) is 33.6 Å². The van der Waals surface area contributed by atoms with Crippen molar-refractivity contribution >= 4 is 17.5 Å². The second-order valence-corrected chi connectivity index (χ2v) is 6.99. The summed E-state index contributed by atoms with van der Waals surface area (Å²) in [7, 11) is 1.73. The van der Waals surface area contributed by atoms with Crippen LogP contribution in [0.3, 0.4) is 0 Å². The first kappa shape index (κ1) is 18.0. The highest BCUT2D eigenvalue weighted by atomic mass is 16.2. The lowest BCUT2D eigenvalue weighted by Gasteiger charge is -2.31. The maximum absolute atomic E-state index is 13.1. The summed E-state index contributed by atoms with van der Waals surface area (Å²) in [4.78, 5) is 27.6. The molecular weight excluding hydrogens is 356 g/mol. The smallest absolute Gasteiger partial charge is 0.272 e. The highest BCUT2D eigenvalue weighted by Crippen LogP contribution is 2.26. The number of anilines is 1. The maximum Gasteiger partial charge on any atom is 0.272 e. The van der Waals surface area contributed by atoms with E-state index in [-0.39, 0.29) is 17.6 Å². The van der Waals surface area contributed by atoms with Crippen molar-refractivity contribution in [1.29, 1.82) is 0 Å². The number of rotatable bonds is 4. The summed E-state index contributed by atoms with van der Waals surface area (Å²) >= 11 is 0. The van der Waals surface area contributed by atoms with Crippen molar-refractivity contribution in [3.05, 3.63) is 60.0 Å². The van der Waals surface area contributed by atoms with Gasteiger partial charge in [0.15, 0.2) is 5.78 Å². The second-order valence-electron chi connectivity index (χ2n) is 6.99. The summed E-state index contributed by atoms with van der Waals surface area (Å²) in [5.41, 5.74) is 7.95. The first-order valence-electron chi connectivity index (χ1n) is 9.26. The number of carbonyl (C=O) groups is 2. The Kier molecular flexibility index (Phi) is 4.68. The number of nitrogens with two attached hydrogens (primary N) is 1. The van der Waals surface area contributed by atoms with Crippen LogP contribution in [-0.4, -0.2) is 49.2 Å². The van der Waals surface area contributed by atoms with Crippen LogP contribution in [-0.2, 0) is 7.05 Å². The van der Waals surface area contributed by atoms with Crippen LogP contribution in [0.1, 0.15) is 33.7 Å². The molecule has 3 heterocycles. The zero-order chi connectivity index (χ0) is 19.7. The van der Waals surface area contributed by atoms with Crippen LogP contribution < -0.4 is 5.73 Å². The predicted molar refractivity (Wildman–Crippen MR) is 104 cm³/mol. The van der Waals surface area contributed by atoms with Crippen LogP contribution in [0, 0.1) is 5.92 Å². The Morgan fingerprint density at radius 1 is 1.14 bits per heavy atom. The fourth-order valence-corrected chi connectivity index (χ4v) is 3.66. The number of piperidine rings is 1. The van der Waals surface area contributed by atoms with E-state index >= 15 is 0 Å². The molecule has 8 heteroatoms. The van der Waals surface area contributed by atoms with Gasteiger partial charge in [-0.25, -0.2) is 4.68 Å². The number of para-hydroxylation sites is 1. The molecule has 8 nitrogen and oxygen atoms in total. The minimum absolute atomic E-state index is 0.0674. The molecule has 1 aliphatic rings. The zero-order valence-electron chi connectivity index (χ0n) is 15.7. The molecule has 144 valence electrons. The Labute approximate surface area is 162 Å². The molecule has 2 N–H and O–H groups in total. The Morgan fingerprint density at radius 3 is 2.64 bits per heavy atom. The molecule has 0 saturated carbocycles. The average molecular weight is 378 g/mol. The fourth-order valence-electron chi connectivity index (χ4n) is 3.66. The van der Waals surface area contributed by atoms with Crippen LogP contribution in [0.25, 0.3) is 5.69 Å². The minimum Gasteiger partial charge on any atom is -0.383 e. The SMILES string of the molecule is Cn1nccc1C(=O)N1CCC[C@@H](C(=O)c2cnn(-c3ccccc3)c2N)C1. The van der Waals surface area contributed by atoms with Gasteiger partial charge >= 0.3 is 0 Å². The summed E-state index contributed by atoms with van der Waals surface area (Å²) < 4.78 is 3.12. The molecule has 1 fully saturated rings. The number of Topliss-reactive ketones (excluding diaryl/α,β-unsaturated/α-hetero) is 1. The minimum atomic E-state index is -0.290. The molecule has 3 aromatic rings. The van der Waals surface area contributed by atoms with Crippen molar-refractivity contribution in [2.45, 2.75) is 12.8 Å². The van der Waals surface area contributed by atoms with Gasteiger partial charge in [-0.05, 0) is 31.0 Å². The van der Waals surface area contributed by atoms with Crippen molar-refractivity contribution in [1.82, 2.24) is 24.5 Å². The molecule has 0 spiro atoms. The molecule has 4 rings (SSSR count). The molecule has 1 atom stereocenters. The van der Waals surface area contributed by atoms with E-state index in [9.17, 15) is 9.59 Å². The van der Waals surface area contributed by atoms with Gasteiger partial charge in [0.25, 0.3) is 5.91 Å². The largest absolute Gasteiger partial charge is 0.383 e. The van der Waals surface area contributed by atoms with Gasteiger partial charge in [0.2, 0.25) is 0 Å². The number of benzene rings is 1. The van der Waals surface area contributed by atoms with Gasteiger partial charge in [-0.1, -0.05) is 18.2 Å². The average Bonchev–Trinajstić information content (AvgIpc) is 3.33. The molecule has 0 bridgehead atoms. The number of carbonyl (C=O) groups excluding carboxylic acids is 2. The molecule has 0 unspecified atom stereocenters. The molecule has 0 aliphatic carbocycles. The van der Waals surface area contributed by atoms with E-state index in [1.165, 1.54) is 6.20 Å². The number of amides is 1. The number of hydrogen-bond acceptors (Lipinski definition) is 5. The van der Waals surface area contributed by atoms with Gasteiger partial charge in [0.05, 0.1) is 17.4 Å². The van der Waals surface area contributed by atoms with Crippen LogP contribution in [0.4, 0.5) is 5.82 Å². The number of hydrogen-bond donors (Lipinski definition) is 1. The maximum atomic E-state index is 13.1. The molecule has 28 heavy (non-hydrogen) atoms. The number of nitrogen functional groups attached to an aromatic ring is 1. The van der Waals surface area contributed by atoms with E-state index < -0.39 is 0 Å². The predicted octanol–water partition coefficient (Wildman–Crippen LogP) is 1.92. The van der Waals surface area contributed by atoms with E-state index in [0.717, 1.165) is 18.5 Å². The van der Waals surface area contributed by atoms with Crippen LogP contribution in [0.15, 0.2) is 48.8 Å². The summed E-state index contributed by atoms with van der Waals surface area (Å²) in [6.45, 7) is 1.01. The van der Waals surface area contributed by atoms with Gasteiger partial charge in [-0.2, -0.15) is 10.2 Å². The normalized spacial score (nSPS) is 16.9. The summed E-state index contributed by atoms with van der Waals surface area (Å²) in [6, 6.07) is 11.1. The Morgan fingerprint density at radius 2 is 1.93 bits per heavy atom. The van der Waals surface area contributed by atoms with E-state index in [2.05, 4.69) is 10.2 Å². The van der Waals surface area contributed by atoms with Crippen LogP contribution in [0.2, 0.25) is 0 Å². The molecule has 1 aliphatic heterocycles. The Balaban J connectivity index is 1.53. The monoisotopic (exact) mass is 378 g/mol. The van der Waals surface area contributed by atoms with Gasteiger partial charge in [-0.3, -0.25) is 14.3 Å². The molecule has 1 saturated heterocycles. The number of aromatic nitrogens is 4. The molecule has 1 amide bonds. The third-order valence-electron chi connectivity index (χ3n) is 5.19. The summed E-state index contributed by atoms with van der Waals surface area (Å²) in [6.07, 6.45) is 4.61. The summed E-state index contributed by atoms with van der Waals surface area (Å²) in [5, 5.41) is 8.34. The first-order chi connectivity index (χ1) is 13.6. The number of aryl methyl sites for hydroxylation is 1. The van der Waals surface area contributed by atoms with Crippen molar-refractivity contribution in [3.8, 4) is 5.69 Å². The van der Waals surface area contributed by atoms with E-state index in [0.29, 0.717) is 30.2 Å². The quantitative estimate of drug-likeness (QED) is 0.699. The van der Waals surface area contributed by atoms with Gasteiger partial charge in [0.1, 0.15) is 11.5 Å². The number of ketones is 1. The van der Waals surface area contributed by atoms with Crippen molar-refractivity contribution < 1.29 is 9.59 Å². The van der Waals surface area contributed by atoms with Gasteiger partial charge in [-0.15, -0.1) is 0 Å². The lowest BCUT2D eigenvalue weighted by Crippen LogP contribution is -2.43. The topological polar surface area (TPSA) is 99.0 Å². The summed E-state index contributed by atoms with van der Waals surface area (Å²) in [5.74, 6) is -0.138. The molecule has 0 radical (unpaired) electrons. The second kappa shape index (κ2) is 7.30. The lowest BCUT2D eigenvalue weighted by atomic mass is 9.90. The highest BCUT2D eigenvalue weighted by molar-refractivity contribution is 6.02. The Bertz CT molecular complexity index is 1010.